The standard InChI is InChI=1S/C12H13N3O3S/c1-8(12-6-13-7-19-12)14-10-4-3-9(18-2)5-11(10)15(16)17/h3-8,14H,1-2H3. The largest absolute Gasteiger partial charge is 0.496 e. The van der Waals surface area contributed by atoms with E-state index in [0.29, 0.717) is 11.4 Å². The van der Waals surface area contributed by atoms with E-state index >= 15 is 0 Å². The number of rotatable bonds is 5. The molecule has 1 unspecified atom stereocenters. The number of aromatic nitrogens is 1. The van der Waals surface area contributed by atoms with Crippen molar-refractivity contribution in [1.82, 2.24) is 4.98 Å². The summed E-state index contributed by atoms with van der Waals surface area (Å²) in [6.45, 7) is 1.93. The van der Waals surface area contributed by atoms with Gasteiger partial charge >= 0.3 is 0 Å². The first-order chi connectivity index (χ1) is 9.11. The maximum Gasteiger partial charge on any atom is 0.296 e. The van der Waals surface area contributed by atoms with Crippen LogP contribution in [0.25, 0.3) is 0 Å². The van der Waals surface area contributed by atoms with Gasteiger partial charge in [0, 0.05) is 11.1 Å². The highest BCUT2D eigenvalue weighted by Crippen LogP contribution is 2.32. The van der Waals surface area contributed by atoms with E-state index < -0.39 is 4.92 Å². The number of benzene rings is 1. The molecule has 0 radical (unpaired) electrons. The summed E-state index contributed by atoms with van der Waals surface area (Å²) in [6, 6.07) is 4.70. The zero-order valence-electron chi connectivity index (χ0n) is 10.5. The van der Waals surface area contributed by atoms with Crippen molar-refractivity contribution < 1.29 is 9.66 Å². The maximum absolute atomic E-state index is 11.1. The minimum absolute atomic E-state index is 0.00397. The fourth-order valence-electron chi connectivity index (χ4n) is 1.66. The molecule has 6 nitrogen and oxygen atoms in total. The quantitative estimate of drug-likeness (QED) is 0.671. The van der Waals surface area contributed by atoms with Crippen LogP contribution in [0.5, 0.6) is 5.75 Å². The van der Waals surface area contributed by atoms with Crippen molar-refractivity contribution in [3.05, 3.63) is 44.9 Å². The SMILES string of the molecule is COc1ccc(NC(C)c2cncs2)c([N+](=O)[O-])c1. The molecule has 0 aliphatic carbocycles. The van der Waals surface area contributed by atoms with Gasteiger partial charge in [-0.15, -0.1) is 11.3 Å². The molecular weight excluding hydrogens is 266 g/mol. The molecule has 2 aromatic rings. The molecule has 0 saturated heterocycles. The minimum Gasteiger partial charge on any atom is -0.496 e. The number of thiazole rings is 1. The third-order valence-corrected chi connectivity index (χ3v) is 3.61. The monoisotopic (exact) mass is 279 g/mol. The first kappa shape index (κ1) is 13.3. The molecule has 0 amide bonds. The van der Waals surface area contributed by atoms with Crippen LogP contribution in [0.15, 0.2) is 29.9 Å². The number of hydrogen-bond acceptors (Lipinski definition) is 6. The normalized spacial score (nSPS) is 11.9. The van der Waals surface area contributed by atoms with Gasteiger partial charge in [-0.2, -0.15) is 0 Å². The van der Waals surface area contributed by atoms with Crippen LogP contribution in [0.2, 0.25) is 0 Å². The third-order valence-electron chi connectivity index (χ3n) is 2.65. The molecule has 1 atom stereocenters. The molecule has 0 fully saturated rings. The van der Waals surface area contributed by atoms with Gasteiger partial charge in [-0.1, -0.05) is 0 Å². The van der Waals surface area contributed by atoms with E-state index in [1.807, 2.05) is 6.92 Å². The second-order valence-electron chi connectivity index (χ2n) is 3.91. The second kappa shape index (κ2) is 5.66. The van der Waals surface area contributed by atoms with Gasteiger partial charge in [0.2, 0.25) is 0 Å². The topological polar surface area (TPSA) is 77.3 Å². The molecule has 1 aromatic carbocycles. The molecule has 0 bridgehead atoms. The number of nitrogens with one attached hydrogen (secondary N) is 1. The lowest BCUT2D eigenvalue weighted by Crippen LogP contribution is -2.07. The third kappa shape index (κ3) is 3.00. The van der Waals surface area contributed by atoms with Crippen LogP contribution in [0.4, 0.5) is 11.4 Å². The number of ether oxygens (including phenoxy) is 1. The number of anilines is 1. The molecular formula is C12H13N3O3S. The molecule has 2 rings (SSSR count). The Balaban J connectivity index is 2.27. The molecule has 1 N–H and O–H groups in total. The van der Waals surface area contributed by atoms with Crippen molar-refractivity contribution >= 4 is 22.7 Å². The van der Waals surface area contributed by atoms with Gasteiger partial charge in [-0.25, -0.2) is 0 Å². The van der Waals surface area contributed by atoms with Gasteiger partial charge in [-0.05, 0) is 19.1 Å². The van der Waals surface area contributed by atoms with Crippen LogP contribution in [0, 0.1) is 10.1 Å². The zero-order chi connectivity index (χ0) is 13.8. The fraction of sp³-hybridized carbons (Fsp3) is 0.250. The summed E-state index contributed by atoms with van der Waals surface area (Å²) in [5.41, 5.74) is 2.19. The Labute approximate surface area is 114 Å². The van der Waals surface area contributed by atoms with Gasteiger partial charge in [0.05, 0.1) is 29.7 Å². The summed E-state index contributed by atoms with van der Waals surface area (Å²) in [6.07, 6.45) is 1.75. The van der Waals surface area contributed by atoms with Gasteiger partial charge in [0.25, 0.3) is 5.69 Å². The minimum atomic E-state index is -0.426. The maximum atomic E-state index is 11.1. The molecule has 7 heteroatoms. The molecule has 100 valence electrons. The second-order valence-corrected chi connectivity index (χ2v) is 4.83. The average Bonchev–Trinajstić information content (AvgIpc) is 2.92. The Morgan fingerprint density at radius 1 is 1.53 bits per heavy atom. The van der Waals surface area contributed by atoms with Crippen LogP contribution in [-0.2, 0) is 0 Å². The highest BCUT2D eigenvalue weighted by atomic mass is 32.1. The highest BCUT2D eigenvalue weighted by Gasteiger charge is 2.17. The van der Waals surface area contributed by atoms with Gasteiger partial charge in [-0.3, -0.25) is 15.1 Å². The summed E-state index contributed by atoms with van der Waals surface area (Å²) >= 11 is 1.50. The number of nitrogens with zero attached hydrogens (tertiary/aromatic N) is 2. The van der Waals surface area contributed by atoms with E-state index in [1.54, 1.807) is 23.8 Å². The summed E-state index contributed by atoms with van der Waals surface area (Å²) in [4.78, 5) is 15.6. The molecule has 0 saturated carbocycles. The van der Waals surface area contributed by atoms with Crippen molar-refractivity contribution in [3.8, 4) is 5.75 Å². The lowest BCUT2D eigenvalue weighted by atomic mass is 10.2. The summed E-state index contributed by atoms with van der Waals surface area (Å²) in [5, 5.41) is 14.2. The lowest BCUT2D eigenvalue weighted by Gasteiger charge is -2.13. The van der Waals surface area contributed by atoms with Crippen LogP contribution in [0.1, 0.15) is 17.8 Å². The first-order valence-corrected chi connectivity index (χ1v) is 6.47. The Morgan fingerprint density at radius 3 is 2.89 bits per heavy atom. The first-order valence-electron chi connectivity index (χ1n) is 5.59. The number of methoxy groups -OCH3 is 1. The molecule has 19 heavy (non-hydrogen) atoms. The lowest BCUT2D eigenvalue weighted by molar-refractivity contribution is -0.384. The number of nitro groups is 1. The number of hydrogen-bond donors (Lipinski definition) is 1. The van der Waals surface area contributed by atoms with Gasteiger partial charge in [0.1, 0.15) is 11.4 Å². The Bertz CT molecular complexity index is 572. The van der Waals surface area contributed by atoms with E-state index in [9.17, 15) is 10.1 Å². The van der Waals surface area contributed by atoms with E-state index in [2.05, 4.69) is 10.3 Å². The molecule has 0 aliphatic rings. The molecule has 0 spiro atoms. The Morgan fingerprint density at radius 2 is 2.32 bits per heavy atom. The van der Waals surface area contributed by atoms with Crippen LogP contribution in [0.3, 0.4) is 0 Å². The van der Waals surface area contributed by atoms with Crippen molar-refractivity contribution in [2.75, 3.05) is 12.4 Å². The van der Waals surface area contributed by atoms with Crippen molar-refractivity contribution in [2.24, 2.45) is 0 Å². The Kier molecular flexibility index (Phi) is 3.96. The van der Waals surface area contributed by atoms with Gasteiger partial charge < -0.3 is 10.1 Å². The van der Waals surface area contributed by atoms with Crippen molar-refractivity contribution in [1.29, 1.82) is 0 Å². The summed E-state index contributed by atoms with van der Waals surface area (Å²) in [5.74, 6) is 0.461. The molecule has 1 aromatic heterocycles. The van der Waals surface area contributed by atoms with E-state index in [4.69, 9.17) is 4.74 Å². The Hall–Kier alpha value is -2.15. The van der Waals surface area contributed by atoms with Crippen LogP contribution >= 0.6 is 11.3 Å². The highest BCUT2D eigenvalue weighted by molar-refractivity contribution is 7.09. The van der Waals surface area contributed by atoms with Crippen LogP contribution < -0.4 is 10.1 Å². The fourth-order valence-corrected chi connectivity index (χ4v) is 2.28. The van der Waals surface area contributed by atoms with Crippen LogP contribution in [-0.4, -0.2) is 17.0 Å². The predicted octanol–water partition coefficient (Wildman–Crippen LogP) is 3.23. The van der Waals surface area contributed by atoms with E-state index in [1.165, 1.54) is 24.5 Å². The van der Waals surface area contributed by atoms with E-state index in [-0.39, 0.29) is 11.7 Å². The van der Waals surface area contributed by atoms with Crippen molar-refractivity contribution in [2.45, 2.75) is 13.0 Å². The molecule has 1 heterocycles. The smallest absolute Gasteiger partial charge is 0.296 e. The predicted molar refractivity (Wildman–Crippen MR) is 73.8 cm³/mol. The van der Waals surface area contributed by atoms with Gasteiger partial charge in [0.15, 0.2) is 0 Å². The average molecular weight is 279 g/mol. The van der Waals surface area contributed by atoms with E-state index in [0.717, 1.165) is 4.88 Å². The van der Waals surface area contributed by atoms with Crippen molar-refractivity contribution in [3.63, 3.8) is 0 Å². The molecule has 0 aliphatic heterocycles. The number of nitro benzene ring substituents is 1. The summed E-state index contributed by atoms with van der Waals surface area (Å²) < 4.78 is 5.00. The zero-order valence-corrected chi connectivity index (χ0v) is 11.3. The summed E-state index contributed by atoms with van der Waals surface area (Å²) in [7, 11) is 1.48.